The number of H-pyrrole nitrogens is 1. The molecule has 0 aliphatic carbocycles. The zero-order valence-corrected chi connectivity index (χ0v) is 15.7. The molecule has 0 aliphatic heterocycles. The Balaban J connectivity index is 2.02. The molecule has 0 bridgehead atoms. The molecule has 0 saturated carbocycles. The molecular formula is C16H10BrF2IN2O2. The van der Waals surface area contributed by atoms with Crippen LogP contribution in [0, 0.1) is 0 Å². The Hall–Kier alpha value is -1.55. The lowest BCUT2D eigenvalue weighted by Crippen LogP contribution is -2.14. The van der Waals surface area contributed by atoms with Gasteiger partial charge in [-0.05, 0) is 29.8 Å². The summed E-state index contributed by atoms with van der Waals surface area (Å²) in [6.07, 6.45) is 1.37. The second kappa shape index (κ2) is 6.40. The molecule has 4 nitrogen and oxygen atoms in total. The highest BCUT2D eigenvalue weighted by Crippen LogP contribution is 2.34. The molecule has 1 aromatic carbocycles. The van der Waals surface area contributed by atoms with Crippen molar-refractivity contribution in [3.8, 4) is 5.75 Å². The van der Waals surface area contributed by atoms with Gasteiger partial charge in [0.1, 0.15) is 11.4 Å². The first-order valence-corrected chi connectivity index (χ1v) is 8.68. The minimum absolute atomic E-state index is 0.0870. The van der Waals surface area contributed by atoms with E-state index in [9.17, 15) is 18.7 Å². The van der Waals surface area contributed by atoms with Crippen LogP contribution in [0.1, 0.15) is 16.8 Å². The topological polar surface area (TPSA) is 66.0 Å². The number of fused-ring (bicyclic) bond motifs is 1. The summed E-state index contributed by atoms with van der Waals surface area (Å²) in [5.41, 5.74) is 0.450. The van der Waals surface area contributed by atoms with Crippen LogP contribution in [0.3, 0.4) is 0 Å². The van der Waals surface area contributed by atoms with Crippen molar-refractivity contribution in [2.45, 2.75) is 10.4 Å². The fourth-order valence-electron chi connectivity index (χ4n) is 2.35. The second-order valence-corrected chi connectivity index (χ2v) is 7.47. The van der Waals surface area contributed by atoms with E-state index in [2.05, 4.69) is 25.9 Å². The average molecular weight is 507 g/mol. The maximum atomic E-state index is 13.2. The summed E-state index contributed by atoms with van der Waals surface area (Å²) in [6, 6.07) is 7.82. The predicted octanol–water partition coefficient (Wildman–Crippen LogP) is 4.47. The average Bonchev–Trinajstić information content (AvgIpc) is 2.52. The Kier molecular flexibility index (Phi) is 4.60. The van der Waals surface area contributed by atoms with E-state index in [-0.39, 0.29) is 23.4 Å². The maximum Gasteiger partial charge on any atom is 0.337 e. The van der Waals surface area contributed by atoms with E-state index in [0.717, 1.165) is 27.1 Å². The normalized spacial score (nSPS) is 11.8. The molecule has 0 amide bonds. The molecule has 2 heterocycles. The van der Waals surface area contributed by atoms with Crippen LogP contribution in [0.15, 0.2) is 45.8 Å². The Morgan fingerprint density at radius 3 is 2.67 bits per heavy atom. The molecule has 3 rings (SSSR count). The molecule has 0 fully saturated rings. The lowest BCUT2D eigenvalue weighted by molar-refractivity contribution is 0.122. The first-order chi connectivity index (χ1) is 11.3. The quantitative estimate of drug-likeness (QED) is 0.407. The zero-order chi connectivity index (χ0) is 17.5. The van der Waals surface area contributed by atoms with Crippen LogP contribution in [0.25, 0.3) is 10.9 Å². The third kappa shape index (κ3) is 3.44. The van der Waals surface area contributed by atoms with Crippen LogP contribution in [-0.2, 0) is 10.4 Å². The predicted molar refractivity (Wildman–Crippen MR) is 98.9 cm³/mol. The highest BCUT2D eigenvalue weighted by atomic mass is 127. The van der Waals surface area contributed by atoms with Gasteiger partial charge in [0.2, 0.25) is 0 Å². The van der Waals surface area contributed by atoms with E-state index in [1.54, 1.807) is 18.2 Å². The van der Waals surface area contributed by atoms with Gasteiger partial charge in [-0.3, -0.25) is 9.78 Å². The molecule has 0 unspecified atom stereocenters. The van der Waals surface area contributed by atoms with Crippen LogP contribution in [-0.4, -0.2) is 15.1 Å². The molecule has 0 saturated heterocycles. The van der Waals surface area contributed by atoms with Crippen LogP contribution in [0.4, 0.5) is 8.78 Å². The Morgan fingerprint density at radius 2 is 2.04 bits per heavy atom. The van der Waals surface area contributed by atoms with Crippen molar-refractivity contribution in [3.63, 3.8) is 0 Å². The van der Waals surface area contributed by atoms with E-state index in [0.29, 0.717) is 16.5 Å². The minimum Gasteiger partial charge on any atom is -0.507 e. The third-order valence-electron chi connectivity index (χ3n) is 3.54. The van der Waals surface area contributed by atoms with Crippen molar-refractivity contribution in [2.75, 3.05) is 0 Å². The number of halogens is 4. The molecule has 24 heavy (non-hydrogen) atoms. The Bertz CT molecular complexity index is 969. The molecule has 2 N–H and O–H groups in total. The number of aromatic amines is 1. The number of hydrogen-bond donors (Lipinski definition) is 2. The van der Waals surface area contributed by atoms with Crippen molar-refractivity contribution < 1.29 is 13.9 Å². The Morgan fingerprint density at radius 1 is 1.29 bits per heavy atom. The van der Waals surface area contributed by atoms with Gasteiger partial charge in [0.05, 0.1) is 11.1 Å². The van der Waals surface area contributed by atoms with Gasteiger partial charge in [-0.25, -0.2) is 0 Å². The largest absolute Gasteiger partial charge is 0.507 e. The first-order valence-electron chi connectivity index (χ1n) is 6.81. The number of aromatic hydroxyl groups is 1. The fraction of sp³-hybridized carbons (Fsp3) is 0.125. The van der Waals surface area contributed by atoms with Crippen molar-refractivity contribution in [2.24, 2.45) is 0 Å². The number of alkyl halides is 3. The third-order valence-corrected chi connectivity index (χ3v) is 4.59. The first kappa shape index (κ1) is 17.3. The smallest absolute Gasteiger partial charge is 0.337 e. The summed E-state index contributed by atoms with van der Waals surface area (Å²) in [7, 11) is 0. The molecule has 0 spiro atoms. The maximum absolute atomic E-state index is 13.2. The van der Waals surface area contributed by atoms with Crippen LogP contribution in [0.2, 0.25) is 0 Å². The van der Waals surface area contributed by atoms with E-state index < -0.39 is 9.49 Å². The van der Waals surface area contributed by atoms with E-state index >= 15 is 0 Å². The van der Waals surface area contributed by atoms with Crippen LogP contribution < -0.4 is 5.56 Å². The van der Waals surface area contributed by atoms with Gasteiger partial charge in [0, 0.05) is 45.1 Å². The van der Waals surface area contributed by atoms with E-state index in [1.807, 2.05) is 0 Å². The lowest BCUT2D eigenvalue weighted by Gasteiger charge is -2.10. The monoisotopic (exact) mass is 506 g/mol. The number of nitrogens with zero attached hydrogens (tertiary/aromatic N) is 1. The number of rotatable bonds is 3. The molecule has 2 aromatic heterocycles. The minimum atomic E-state index is -3.05. The molecule has 0 aliphatic rings. The molecule has 124 valence electrons. The van der Waals surface area contributed by atoms with Crippen molar-refractivity contribution in [1.29, 1.82) is 0 Å². The summed E-state index contributed by atoms with van der Waals surface area (Å²) in [6.45, 7) is 0. The number of nitrogens with one attached hydrogen (secondary N) is 1. The molecule has 0 atom stereocenters. The van der Waals surface area contributed by atoms with E-state index in [4.69, 9.17) is 0 Å². The SMILES string of the molecule is O=c1[nH]c2ccc(Br)cc2c(O)c1Cc1ccc(C(F)(F)I)nc1. The summed E-state index contributed by atoms with van der Waals surface area (Å²) >= 11 is 4.32. The standard InChI is InChI=1S/C16H10BrF2IN2O2/c17-9-2-3-12-10(6-9)14(23)11(15(24)22-12)5-8-1-4-13(21-7-8)16(18,19)20/h1-4,6-7H,5H2,(H2,22,23,24). The lowest BCUT2D eigenvalue weighted by atomic mass is 10.0. The van der Waals surface area contributed by atoms with Crippen molar-refractivity contribution in [3.05, 3.63) is 68.2 Å². The molecular weight excluding hydrogens is 497 g/mol. The number of benzene rings is 1. The van der Waals surface area contributed by atoms with Crippen molar-refractivity contribution in [1.82, 2.24) is 9.97 Å². The number of hydrogen-bond acceptors (Lipinski definition) is 3. The molecule has 3 aromatic rings. The summed E-state index contributed by atoms with van der Waals surface area (Å²) in [5, 5.41) is 10.9. The molecule has 8 heteroatoms. The van der Waals surface area contributed by atoms with E-state index in [1.165, 1.54) is 18.3 Å². The number of pyridine rings is 2. The fourth-order valence-corrected chi connectivity index (χ4v) is 3.03. The highest BCUT2D eigenvalue weighted by molar-refractivity contribution is 14.1. The van der Waals surface area contributed by atoms with Gasteiger partial charge in [-0.15, -0.1) is 0 Å². The summed E-state index contributed by atoms with van der Waals surface area (Å²) < 4.78 is 24.1. The summed E-state index contributed by atoms with van der Waals surface area (Å²) in [5.74, 6) is -0.127. The van der Waals surface area contributed by atoms with Gasteiger partial charge in [-0.2, -0.15) is 8.78 Å². The van der Waals surface area contributed by atoms with Crippen LogP contribution in [0.5, 0.6) is 5.75 Å². The van der Waals surface area contributed by atoms with Gasteiger partial charge >= 0.3 is 3.93 Å². The van der Waals surface area contributed by atoms with Gasteiger partial charge in [0.15, 0.2) is 0 Å². The van der Waals surface area contributed by atoms with Gasteiger partial charge in [0.25, 0.3) is 5.56 Å². The Labute approximate surface area is 157 Å². The highest BCUT2D eigenvalue weighted by Gasteiger charge is 2.28. The van der Waals surface area contributed by atoms with Gasteiger partial charge in [-0.1, -0.05) is 22.0 Å². The number of aromatic nitrogens is 2. The van der Waals surface area contributed by atoms with Crippen molar-refractivity contribution >= 4 is 49.4 Å². The second-order valence-electron chi connectivity index (χ2n) is 5.20. The molecule has 0 radical (unpaired) electrons. The summed E-state index contributed by atoms with van der Waals surface area (Å²) in [4.78, 5) is 18.6. The van der Waals surface area contributed by atoms with Crippen LogP contribution >= 0.6 is 38.5 Å². The van der Waals surface area contributed by atoms with Gasteiger partial charge < -0.3 is 10.1 Å². The zero-order valence-electron chi connectivity index (χ0n) is 12.0.